The van der Waals surface area contributed by atoms with Crippen LogP contribution in [0.1, 0.15) is 33.6 Å². The van der Waals surface area contributed by atoms with Gasteiger partial charge in [0.2, 0.25) is 0 Å². The second-order valence-electron chi connectivity index (χ2n) is 2.60. The highest BCUT2D eigenvalue weighted by atomic mass is 16.5. The summed E-state index contributed by atoms with van der Waals surface area (Å²) in [7, 11) is 0. The highest BCUT2D eigenvalue weighted by Gasteiger charge is 1.89. The number of carbonyl (C=O) groups is 1. The van der Waals surface area contributed by atoms with E-state index in [4.69, 9.17) is 4.74 Å². The first kappa shape index (κ1) is 10.2. The molecule has 0 aliphatic rings. The Hall–Kier alpha value is -0.790. The van der Waals surface area contributed by atoms with Gasteiger partial charge in [0.1, 0.15) is 6.61 Å². The summed E-state index contributed by atoms with van der Waals surface area (Å²) in [6.45, 7) is 6.01. The molecule has 0 atom stereocenters. The van der Waals surface area contributed by atoms with E-state index in [1.807, 2.05) is 13.0 Å². The summed E-state index contributed by atoms with van der Waals surface area (Å²) in [5.74, 6) is -0.217. The molecule has 0 fully saturated rings. The van der Waals surface area contributed by atoms with E-state index in [0.29, 0.717) is 6.61 Å². The van der Waals surface area contributed by atoms with Gasteiger partial charge in [0, 0.05) is 6.92 Å². The molecule has 0 aliphatic carbocycles. The van der Waals surface area contributed by atoms with E-state index in [9.17, 15) is 4.79 Å². The van der Waals surface area contributed by atoms with E-state index in [2.05, 4.69) is 6.92 Å². The molecule has 0 saturated heterocycles. The van der Waals surface area contributed by atoms with Crippen LogP contribution in [0.4, 0.5) is 0 Å². The summed E-state index contributed by atoms with van der Waals surface area (Å²) in [6.07, 6.45) is 4.18. The summed E-state index contributed by atoms with van der Waals surface area (Å²) in [5, 5.41) is 0. The Morgan fingerprint density at radius 1 is 1.45 bits per heavy atom. The van der Waals surface area contributed by atoms with Crippen LogP contribution in [-0.4, -0.2) is 12.6 Å². The number of hydrogen-bond donors (Lipinski definition) is 0. The lowest BCUT2D eigenvalue weighted by atomic mass is 10.2. The molecular weight excluding hydrogens is 140 g/mol. The number of ether oxygens (including phenoxy) is 1. The Kier molecular flexibility index (Phi) is 5.53. The molecule has 0 bridgehead atoms. The molecule has 0 spiro atoms. The molecule has 0 radical (unpaired) electrons. The van der Waals surface area contributed by atoms with Crippen LogP contribution in [0.2, 0.25) is 0 Å². The molecule has 0 unspecified atom stereocenters. The first-order valence-corrected chi connectivity index (χ1v) is 3.95. The van der Waals surface area contributed by atoms with E-state index in [-0.39, 0.29) is 5.97 Å². The van der Waals surface area contributed by atoms with E-state index in [0.717, 1.165) is 12.8 Å². The molecule has 0 amide bonds. The predicted octanol–water partition coefficient (Wildman–Crippen LogP) is 2.30. The van der Waals surface area contributed by atoms with Gasteiger partial charge in [-0.25, -0.2) is 0 Å². The number of carbonyl (C=O) groups excluding carboxylic acids is 1. The van der Waals surface area contributed by atoms with Crippen LogP contribution in [0.5, 0.6) is 0 Å². The molecule has 0 saturated carbocycles. The molecule has 11 heavy (non-hydrogen) atoms. The number of esters is 1. The summed E-state index contributed by atoms with van der Waals surface area (Å²) in [5.41, 5.74) is 1.29. The van der Waals surface area contributed by atoms with Crippen molar-refractivity contribution in [3.63, 3.8) is 0 Å². The maximum absolute atomic E-state index is 10.3. The Bertz CT molecular complexity index is 148. The van der Waals surface area contributed by atoms with Crippen LogP contribution in [0.25, 0.3) is 0 Å². The van der Waals surface area contributed by atoms with Crippen molar-refractivity contribution in [1.82, 2.24) is 0 Å². The van der Waals surface area contributed by atoms with Crippen LogP contribution in [0, 0.1) is 0 Å². The van der Waals surface area contributed by atoms with Gasteiger partial charge in [-0.3, -0.25) is 4.79 Å². The van der Waals surface area contributed by atoms with Crippen LogP contribution in [0.3, 0.4) is 0 Å². The zero-order valence-corrected chi connectivity index (χ0v) is 7.52. The Morgan fingerprint density at radius 2 is 2.09 bits per heavy atom. The molecule has 2 heteroatoms. The molecule has 0 aromatic carbocycles. The molecule has 2 nitrogen and oxygen atoms in total. The third kappa shape index (κ3) is 7.10. The smallest absolute Gasteiger partial charge is 0.302 e. The van der Waals surface area contributed by atoms with E-state index in [1.165, 1.54) is 12.5 Å². The lowest BCUT2D eigenvalue weighted by Gasteiger charge is -1.98. The van der Waals surface area contributed by atoms with E-state index < -0.39 is 0 Å². The van der Waals surface area contributed by atoms with E-state index >= 15 is 0 Å². The first-order chi connectivity index (χ1) is 5.16. The maximum Gasteiger partial charge on any atom is 0.302 e. The van der Waals surface area contributed by atoms with Crippen molar-refractivity contribution in [2.75, 3.05) is 6.61 Å². The number of rotatable bonds is 4. The second-order valence-corrected chi connectivity index (χ2v) is 2.60. The van der Waals surface area contributed by atoms with Gasteiger partial charge in [0.05, 0.1) is 0 Å². The van der Waals surface area contributed by atoms with Gasteiger partial charge in [-0.05, 0) is 19.4 Å². The maximum atomic E-state index is 10.3. The van der Waals surface area contributed by atoms with Crippen LogP contribution >= 0.6 is 0 Å². The average Bonchev–Trinajstić information content (AvgIpc) is 1.87. The summed E-state index contributed by atoms with van der Waals surface area (Å²) in [6, 6.07) is 0. The van der Waals surface area contributed by atoms with Crippen LogP contribution in [-0.2, 0) is 9.53 Å². The van der Waals surface area contributed by atoms with Crippen molar-refractivity contribution in [2.24, 2.45) is 0 Å². The topological polar surface area (TPSA) is 26.3 Å². The monoisotopic (exact) mass is 156 g/mol. The minimum atomic E-state index is -0.217. The number of hydrogen-bond acceptors (Lipinski definition) is 2. The quantitative estimate of drug-likeness (QED) is 0.461. The highest BCUT2D eigenvalue weighted by Crippen LogP contribution is 2.01. The Labute approximate surface area is 68.2 Å². The van der Waals surface area contributed by atoms with Gasteiger partial charge in [0.25, 0.3) is 0 Å². The zero-order valence-electron chi connectivity index (χ0n) is 7.52. The van der Waals surface area contributed by atoms with Crippen molar-refractivity contribution in [2.45, 2.75) is 33.6 Å². The molecule has 0 aromatic rings. The van der Waals surface area contributed by atoms with Crippen molar-refractivity contribution >= 4 is 5.97 Å². The molecule has 64 valence electrons. The SMILES string of the molecule is CCC/C(C)=C\COC(C)=O. The fraction of sp³-hybridized carbons (Fsp3) is 0.667. The van der Waals surface area contributed by atoms with Gasteiger partial charge in [-0.15, -0.1) is 0 Å². The third-order valence-corrected chi connectivity index (χ3v) is 1.36. The average molecular weight is 156 g/mol. The van der Waals surface area contributed by atoms with Gasteiger partial charge in [0.15, 0.2) is 0 Å². The Morgan fingerprint density at radius 3 is 2.55 bits per heavy atom. The normalized spacial score (nSPS) is 11.4. The van der Waals surface area contributed by atoms with Gasteiger partial charge >= 0.3 is 5.97 Å². The number of allylic oxidation sites excluding steroid dienone is 1. The van der Waals surface area contributed by atoms with E-state index in [1.54, 1.807) is 0 Å². The standard InChI is InChI=1S/C9H16O2/c1-4-5-8(2)6-7-11-9(3)10/h6H,4-5,7H2,1-3H3/b8-6-. The van der Waals surface area contributed by atoms with Crippen molar-refractivity contribution in [3.8, 4) is 0 Å². The lowest BCUT2D eigenvalue weighted by molar-refractivity contribution is -0.139. The minimum absolute atomic E-state index is 0.217. The van der Waals surface area contributed by atoms with Crippen LogP contribution < -0.4 is 0 Å². The zero-order chi connectivity index (χ0) is 8.69. The largest absolute Gasteiger partial charge is 0.462 e. The lowest BCUT2D eigenvalue weighted by Crippen LogP contribution is -1.98. The van der Waals surface area contributed by atoms with Crippen molar-refractivity contribution in [1.29, 1.82) is 0 Å². The van der Waals surface area contributed by atoms with Crippen molar-refractivity contribution < 1.29 is 9.53 Å². The molecule has 0 aliphatic heterocycles. The summed E-state index contributed by atoms with van der Waals surface area (Å²) < 4.78 is 4.74. The fourth-order valence-electron chi connectivity index (χ4n) is 0.798. The summed E-state index contributed by atoms with van der Waals surface area (Å²) >= 11 is 0. The minimum Gasteiger partial charge on any atom is -0.462 e. The van der Waals surface area contributed by atoms with Gasteiger partial charge in [-0.1, -0.05) is 18.9 Å². The molecule has 0 heterocycles. The molecule has 0 aromatic heterocycles. The molecule has 0 rings (SSSR count). The van der Waals surface area contributed by atoms with Gasteiger partial charge < -0.3 is 4.74 Å². The highest BCUT2D eigenvalue weighted by molar-refractivity contribution is 5.65. The van der Waals surface area contributed by atoms with Crippen molar-refractivity contribution in [3.05, 3.63) is 11.6 Å². The third-order valence-electron chi connectivity index (χ3n) is 1.36. The second kappa shape index (κ2) is 5.96. The van der Waals surface area contributed by atoms with Gasteiger partial charge in [-0.2, -0.15) is 0 Å². The Balaban J connectivity index is 3.47. The molecular formula is C9H16O2. The summed E-state index contributed by atoms with van der Waals surface area (Å²) in [4.78, 5) is 10.3. The predicted molar refractivity (Wildman–Crippen MR) is 45.3 cm³/mol. The molecule has 0 N–H and O–H groups in total. The first-order valence-electron chi connectivity index (χ1n) is 3.95. The fourth-order valence-corrected chi connectivity index (χ4v) is 0.798. The van der Waals surface area contributed by atoms with Crippen LogP contribution in [0.15, 0.2) is 11.6 Å².